The molecule has 2 unspecified atom stereocenters. The lowest BCUT2D eigenvalue weighted by atomic mass is 10.1. The zero-order chi connectivity index (χ0) is 14.7. The fraction of sp³-hybridized carbons (Fsp3) is 0.500. The van der Waals surface area contributed by atoms with E-state index in [0.29, 0.717) is 5.25 Å². The van der Waals surface area contributed by atoms with Gasteiger partial charge in [0.2, 0.25) is 0 Å². The third kappa shape index (κ3) is 3.42. The van der Waals surface area contributed by atoms with Gasteiger partial charge in [0.15, 0.2) is 0 Å². The molecule has 6 heteroatoms. The van der Waals surface area contributed by atoms with Crippen LogP contribution < -0.4 is 5.32 Å². The maximum Gasteiger partial charge on any atom is 0.335 e. The Bertz CT molecular complexity index is 487. The molecule has 2 N–H and O–H groups in total. The highest BCUT2D eigenvalue weighted by Crippen LogP contribution is 2.32. The highest BCUT2D eigenvalue weighted by molar-refractivity contribution is 7.99. The number of carbonyl (C=O) groups is 1. The van der Waals surface area contributed by atoms with Gasteiger partial charge in [-0.25, -0.2) is 13.6 Å². The van der Waals surface area contributed by atoms with Crippen LogP contribution in [0.4, 0.5) is 14.5 Å². The minimum absolute atomic E-state index is 0.0405. The lowest BCUT2D eigenvalue weighted by molar-refractivity contribution is 0.0696. The molecular formula is C14H17F2NO2S. The molecule has 3 nitrogen and oxygen atoms in total. The first-order valence-corrected chi connectivity index (χ1v) is 7.66. The van der Waals surface area contributed by atoms with E-state index in [-0.39, 0.29) is 17.3 Å². The van der Waals surface area contributed by atoms with Crippen LogP contribution in [0, 0.1) is 11.6 Å². The van der Waals surface area contributed by atoms with Gasteiger partial charge in [0, 0.05) is 11.3 Å². The van der Waals surface area contributed by atoms with Crippen LogP contribution in [0.15, 0.2) is 12.1 Å². The van der Waals surface area contributed by atoms with Crippen LogP contribution in [0.2, 0.25) is 0 Å². The van der Waals surface area contributed by atoms with Crippen LogP contribution in [0.1, 0.15) is 36.5 Å². The van der Waals surface area contributed by atoms with E-state index in [1.165, 1.54) is 0 Å². The molecule has 0 aromatic heterocycles. The molecular weight excluding hydrogens is 284 g/mol. The number of carboxylic acids is 1. The van der Waals surface area contributed by atoms with Crippen molar-refractivity contribution in [2.45, 2.75) is 37.5 Å². The molecule has 0 radical (unpaired) electrons. The second-order valence-electron chi connectivity index (χ2n) is 4.85. The van der Waals surface area contributed by atoms with Crippen molar-refractivity contribution in [3.05, 3.63) is 29.3 Å². The van der Waals surface area contributed by atoms with Crippen molar-refractivity contribution in [3.8, 4) is 0 Å². The Hall–Kier alpha value is -1.30. The Morgan fingerprint density at radius 1 is 1.40 bits per heavy atom. The van der Waals surface area contributed by atoms with Crippen LogP contribution in [0.25, 0.3) is 0 Å². The first-order valence-electron chi connectivity index (χ1n) is 6.61. The molecule has 110 valence electrons. The third-order valence-corrected chi connectivity index (χ3v) is 4.66. The van der Waals surface area contributed by atoms with E-state index >= 15 is 0 Å². The van der Waals surface area contributed by atoms with Gasteiger partial charge in [0.1, 0.15) is 17.3 Å². The minimum atomic E-state index is -1.34. The van der Waals surface area contributed by atoms with Crippen molar-refractivity contribution < 1.29 is 18.7 Å². The first kappa shape index (κ1) is 15.1. The van der Waals surface area contributed by atoms with Gasteiger partial charge in [-0.2, -0.15) is 11.8 Å². The molecule has 0 bridgehead atoms. The number of carboxylic acid groups (broad SMARTS) is 1. The van der Waals surface area contributed by atoms with E-state index < -0.39 is 17.6 Å². The van der Waals surface area contributed by atoms with Crippen molar-refractivity contribution in [1.82, 2.24) is 0 Å². The van der Waals surface area contributed by atoms with Crippen LogP contribution in [-0.4, -0.2) is 28.1 Å². The molecule has 0 spiro atoms. The molecule has 1 fully saturated rings. The molecule has 2 atom stereocenters. The molecule has 0 aliphatic heterocycles. The maximum absolute atomic E-state index is 13.8. The molecule has 0 saturated heterocycles. The van der Waals surface area contributed by atoms with E-state index in [1.807, 2.05) is 11.8 Å². The van der Waals surface area contributed by atoms with Gasteiger partial charge in [-0.1, -0.05) is 6.92 Å². The van der Waals surface area contributed by atoms with Gasteiger partial charge < -0.3 is 10.4 Å². The number of nitrogens with one attached hydrogen (secondary N) is 1. The standard InChI is InChI=1S/C14H17F2NO2S/c1-2-20-10-4-3-9(7-10)17-13-11(15)5-8(14(18)19)6-12(13)16/h5-6,9-10,17H,2-4,7H2,1H3,(H,18,19). The number of hydrogen-bond donors (Lipinski definition) is 2. The van der Waals surface area contributed by atoms with E-state index in [2.05, 4.69) is 12.2 Å². The highest BCUT2D eigenvalue weighted by Gasteiger charge is 2.26. The van der Waals surface area contributed by atoms with E-state index in [9.17, 15) is 13.6 Å². The topological polar surface area (TPSA) is 49.3 Å². The summed E-state index contributed by atoms with van der Waals surface area (Å²) in [4.78, 5) is 10.7. The summed E-state index contributed by atoms with van der Waals surface area (Å²) in [5.74, 6) is -2.01. The van der Waals surface area contributed by atoms with Gasteiger partial charge in [0.05, 0.1) is 5.56 Å². The van der Waals surface area contributed by atoms with Crippen molar-refractivity contribution in [3.63, 3.8) is 0 Å². The van der Waals surface area contributed by atoms with Gasteiger partial charge in [-0.3, -0.25) is 0 Å². The Labute approximate surface area is 120 Å². The monoisotopic (exact) mass is 301 g/mol. The second-order valence-corrected chi connectivity index (χ2v) is 6.43. The zero-order valence-electron chi connectivity index (χ0n) is 11.2. The number of benzene rings is 1. The van der Waals surface area contributed by atoms with Crippen LogP contribution >= 0.6 is 11.8 Å². The molecule has 2 rings (SSSR count). The summed E-state index contributed by atoms with van der Waals surface area (Å²) in [5, 5.41) is 12.2. The number of rotatable bonds is 5. The quantitative estimate of drug-likeness (QED) is 0.869. The average molecular weight is 301 g/mol. The average Bonchev–Trinajstić information content (AvgIpc) is 2.81. The molecule has 0 amide bonds. The van der Waals surface area contributed by atoms with Crippen LogP contribution in [-0.2, 0) is 0 Å². The van der Waals surface area contributed by atoms with E-state index in [4.69, 9.17) is 5.11 Å². The highest BCUT2D eigenvalue weighted by atomic mass is 32.2. The van der Waals surface area contributed by atoms with Crippen molar-refractivity contribution in [1.29, 1.82) is 0 Å². The second kappa shape index (κ2) is 6.43. The Morgan fingerprint density at radius 2 is 2.05 bits per heavy atom. The molecule has 1 aromatic carbocycles. The summed E-state index contributed by atoms with van der Waals surface area (Å²) in [6.45, 7) is 2.09. The Kier molecular flexibility index (Phi) is 4.86. The largest absolute Gasteiger partial charge is 0.478 e. The fourth-order valence-corrected chi connectivity index (χ4v) is 3.64. The third-order valence-electron chi connectivity index (χ3n) is 3.42. The normalized spacial score (nSPS) is 21.9. The van der Waals surface area contributed by atoms with Crippen LogP contribution in [0.3, 0.4) is 0 Å². The number of aromatic carboxylic acids is 1. The maximum atomic E-state index is 13.8. The van der Waals surface area contributed by atoms with Gasteiger partial charge >= 0.3 is 5.97 Å². The molecule has 1 aromatic rings. The summed E-state index contributed by atoms with van der Waals surface area (Å²) in [6.07, 6.45) is 2.78. The number of thioether (sulfide) groups is 1. The lowest BCUT2D eigenvalue weighted by Gasteiger charge is -2.16. The lowest BCUT2D eigenvalue weighted by Crippen LogP contribution is -2.18. The predicted molar refractivity (Wildman–Crippen MR) is 76.5 cm³/mol. The molecule has 1 aliphatic rings. The molecule has 0 heterocycles. The van der Waals surface area contributed by atoms with Crippen molar-refractivity contribution >= 4 is 23.4 Å². The summed E-state index contributed by atoms with van der Waals surface area (Å²) in [7, 11) is 0. The molecule has 1 aliphatic carbocycles. The Morgan fingerprint density at radius 3 is 2.60 bits per heavy atom. The molecule has 1 saturated carbocycles. The van der Waals surface area contributed by atoms with Crippen molar-refractivity contribution in [2.75, 3.05) is 11.1 Å². The summed E-state index contributed by atoms with van der Waals surface area (Å²) >= 11 is 1.86. The van der Waals surface area contributed by atoms with Gasteiger partial charge in [-0.05, 0) is 37.1 Å². The van der Waals surface area contributed by atoms with E-state index in [0.717, 1.165) is 37.1 Å². The number of halogens is 2. The fourth-order valence-electron chi connectivity index (χ4n) is 2.50. The van der Waals surface area contributed by atoms with Crippen LogP contribution in [0.5, 0.6) is 0 Å². The number of anilines is 1. The van der Waals surface area contributed by atoms with Gasteiger partial charge in [-0.15, -0.1) is 0 Å². The number of hydrogen-bond acceptors (Lipinski definition) is 3. The SMILES string of the molecule is CCSC1CCC(Nc2c(F)cc(C(=O)O)cc2F)C1. The Balaban J connectivity index is 2.09. The molecule has 20 heavy (non-hydrogen) atoms. The zero-order valence-corrected chi connectivity index (χ0v) is 12.0. The summed E-state index contributed by atoms with van der Waals surface area (Å²) < 4.78 is 27.6. The minimum Gasteiger partial charge on any atom is -0.478 e. The smallest absolute Gasteiger partial charge is 0.335 e. The van der Waals surface area contributed by atoms with Crippen molar-refractivity contribution in [2.24, 2.45) is 0 Å². The van der Waals surface area contributed by atoms with E-state index in [1.54, 1.807) is 0 Å². The predicted octanol–water partition coefficient (Wildman–Crippen LogP) is 3.75. The summed E-state index contributed by atoms with van der Waals surface area (Å²) in [6, 6.07) is 1.74. The summed E-state index contributed by atoms with van der Waals surface area (Å²) in [5.41, 5.74) is -0.599. The first-order chi connectivity index (χ1) is 9.51. The van der Waals surface area contributed by atoms with Gasteiger partial charge in [0.25, 0.3) is 0 Å².